The molecule has 8 heteroatoms. The number of hydrogen-bond acceptors (Lipinski definition) is 3. The lowest BCUT2D eigenvalue weighted by Crippen LogP contribution is -2.40. The molecule has 2 aromatic carbocycles. The number of nitrogens with one attached hydrogen (secondary N) is 2. The van der Waals surface area contributed by atoms with Gasteiger partial charge in [-0.1, -0.05) is 37.3 Å². The smallest absolute Gasteiger partial charge is 0.238 e. The van der Waals surface area contributed by atoms with E-state index >= 15 is 0 Å². The molecule has 156 valence electrons. The van der Waals surface area contributed by atoms with Gasteiger partial charge in [-0.3, -0.25) is 14.5 Å². The summed E-state index contributed by atoms with van der Waals surface area (Å²) in [4.78, 5) is 25.6. The SMILES string of the molecule is CC[C@@H](CNC(=O)CN(C)CC(=O)Nc1ccc(F)c(F)c1F)c1ccccc1. The Kier molecular flexibility index (Phi) is 8.21. The third-order valence-electron chi connectivity index (χ3n) is 4.45. The van der Waals surface area contributed by atoms with Crippen LogP contribution < -0.4 is 10.6 Å². The first-order valence-electron chi connectivity index (χ1n) is 9.25. The van der Waals surface area contributed by atoms with E-state index in [9.17, 15) is 22.8 Å². The summed E-state index contributed by atoms with van der Waals surface area (Å²) in [5, 5.41) is 5.01. The van der Waals surface area contributed by atoms with Crippen LogP contribution in [0.3, 0.4) is 0 Å². The number of anilines is 1. The first-order chi connectivity index (χ1) is 13.8. The standard InChI is InChI=1S/C21H24F3N3O2/c1-3-14(15-7-5-4-6-8-15)11-25-18(28)12-27(2)13-19(29)26-17-10-9-16(22)20(23)21(17)24/h4-10,14H,3,11-13H2,1-2H3,(H,25,28)(H,26,29)/t14-/m0/s1. The summed E-state index contributed by atoms with van der Waals surface area (Å²) in [7, 11) is 1.55. The number of carbonyl (C=O) groups excluding carboxylic acids is 2. The maximum Gasteiger partial charge on any atom is 0.238 e. The van der Waals surface area contributed by atoms with Gasteiger partial charge in [0.2, 0.25) is 11.8 Å². The van der Waals surface area contributed by atoms with E-state index in [0.29, 0.717) is 6.54 Å². The van der Waals surface area contributed by atoms with E-state index in [1.807, 2.05) is 37.3 Å². The maximum atomic E-state index is 13.6. The summed E-state index contributed by atoms with van der Waals surface area (Å²) in [5.41, 5.74) is 0.678. The van der Waals surface area contributed by atoms with Gasteiger partial charge in [-0.05, 0) is 31.2 Å². The fourth-order valence-corrected chi connectivity index (χ4v) is 2.87. The van der Waals surface area contributed by atoms with Crippen molar-refractivity contribution in [3.63, 3.8) is 0 Å². The number of rotatable bonds is 9. The zero-order valence-electron chi connectivity index (χ0n) is 16.3. The molecule has 2 amide bonds. The van der Waals surface area contributed by atoms with Gasteiger partial charge < -0.3 is 10.6 Å². The molecule has 0 fully saturated rings. The van der Waals surface area contributed by atoms with Crippen molar-refractivity contribution >= 4 is 17.5 Å². The fourth-order valence-electron chi connectivity index (χ4n) is 2.87. The van der Waals surface area contributed by atoms with Gasteiger partial charge in [0.25, 0.3) is 0 Å². The molecule has 0 saturated carbocycles. The van der Waals surface area contributed by atoms with Crippen molar-refractivity contribution in [2.45, 2.75) is 19.3 Å². The van der Waals surface area contributed by atoms with Gasteiger partial charge in [0.1, 0.15) is 0 Å². The van der Waals surface area contributed by atoms with Crippen molar-refractivity contribution in [3.8, 4) is 0 Å². The van der Waals surface area contributed by atoms with Gasteiger partial charge >= 0.3 is 0 Å². The normalized spacial score (nSPS) is 11.9. The molecule has 0 aromatic heterocycles. The molecule has 2 N–H and O–H groups in total. The van der Waals surface area contributed by atoms with E-state index in [0.717, 1.165) is 24.1 Å². The number of likely N-dealkylation sites (N-methyl/N-ethyl adjacent to an activating group) is 1. The molecular formula is C21H24F3N3O2. The van der Waals surface area contributed by atoms with E-state index in [-0.39, 0.29) is 24.9 Å². The predicted molar refractivity (Wildman–Crippen MR) is 105 cm³/mol. The molecule has 1 atom stereocenters. The van der Waals surface area contributed by atoms with Crippen molar-refractivity contribution in [2.24, 2.45) is 0 Å². The quantitative estimate of drug-likeness (QED) is 0.627. The Labute approximate surface area is 167 Å². The first-order valence-corrected chi connectivity index (χ1v) is 9.25. The minimum Gasteiger partial charge on any atom is -0.354 e. The Morgan fingerprint density at radius 1 is 0.966 bits per heavy atom. The molecule has 0 unspecified atom stereocenters. The first kappa shape index (κ1) is 22.4. The lowest BCUT2D eigenvalue weighted by atomic mass is 9.96. The van der Waals surface area contributed by atoms with Gasteiger partial charge in [0.05, 0.1) is 18.8 Å². The number of hydrogen-bond donors (Lipinski definition) is 2. The van der Waals surface area contributed by atoms with Gasteiger partial charge in [0, 0.05) is 12.5 Å². The van der Waals surface area contributed by atoms with Crippen LogP contribution in [-0.4, -0.2) is 43.4 Å². The molecule has 0 heterocycles. The van der Waals surface area contributed by atoms with E-state index < -0.39 is 29.0 Å². The summed E-state index contributed by atoms with van der Waals surface area (Å²) in [6, 6.07) is 11.5. The summed E-state index contributed by atoms with van der Waals surface area (Å²) in [6.45, 7) is 2.25. The van der Waals surface area contributed by atoms with Crippen LogP contribution in [0.5, 0.6) is 0 Å². The number of amides is 2. The van der Waals surface area contributed by atoms with Crippen molar-refractivity contribution in [1.82, 2.24) is 10.2 Å². The van der Waals surface area contributed by atoms with E-state index in [2.05, 4.69) is 10.6 Å². The second-order valence-corrected chi connectivity index (χ2v) is 6.76. The molecule has 2 aromatic rings. The van der Waals surface area contributed by atoms with Crippen LogP contribution in [0.25, 0.3) is 0 Å². The van der Waals surface area contributed by atoms with Crippen LogP contribution in [-0.2, 0) is 9.59 Å². The number of benzene rings is 2. The Hall–Kier alpha value is -2.87. The fraction of sp³-hybridized carbons (Fsp3) is 0.333. The molecule has 0 saturated heterocycles. The number of nitrogens with zero attached hydrogens (tertiary/aromatic N) is 1. The van der Waals surface area contributed by atoms with Crippen LogP contribution in [0.15, 0.2) is 42.5 Å². The number of carbonyl (C=O) groups is 2. The van der Waals surface area contributed by atoms with Gasteiger partial charge in [0.15, 0.2) is 17.5 Å². The summed E-state index contributed by atoms with van der Waals surface area (Å²) in [5.74, 6) is -5.18. The van der Waals surface area contributed by atoms with Gasteiger partial charge in [-0.25, -0.2) is 13.2 Å². The van der Waals surface area contributed by atoms with Gasteiger partial charge in [-0.2, -0.15) is 0 Å². The molecule has 0 bridgehead atoms. The monoisotopic (exact) mass is 407 g/mol. The molecular weight excluding hydrogens is 383 g/mol. The minimum absolute atomic E-state index is 0.0428. The highest BCUT2D eigenvalue weighted by molar-refractivity contribution is 5.92. The molecule has 0 radical (unpaired) electrons. The molecule has 29 heavy (non-hydrogen) atoms. The Balaban J connectivity index is 1.80. The van der Waals surface area contributed by atoms with E-state index in [1.165, 1.54) is 4.90 Å². The van der Waals surface area contributed by atoms with Gasteiger partial charge in [-0.15, -0.1) is 0 Å². The third kappa shape index (κ3) is 6.60. The summed E-state index contributed by atoms with van der Waals surface area (Å²) >= 11 is 0. The average molecular weight is 407 g/mol. The predicted octanol–water partition coefficient (Wildman–Crippen LogP) is 3.28. The molecule has 0 aliphatic rings. The summed E-state index contributed by atoms with van der Waals surface area (Å²) < 4.78 is 39.8. The van der Waals surface area contributed by atoms with Crippen molar-refractivity contribution in [2.75, 3.05) is 32.0 Å². The minimum atomic E-state index is -1.65. The Morgan fingerprint density at radius 2 is 1.62 bits per heavy atom. The van der Waals surface area contributed by atoms with E-state index in [4.69, 9.17) is 0 Å². The molecule has 0 spiro atoms. The number of halogens is 3. The highest BCUT2D eigenvalue weighted by Crippen LogP contribution is 2.19. The molecule has 0 aliphatic carbocycles. The molecule has 5 nitrogen and oxygen atoms in total. The highest BCUT2D eigenvalue weighted by Gasteiger charge is 2.17. The largest absolute Gasteiger partial charge is 0.354 e. The lowest BCUT2D eigenvalue weighted by Gasteiger charge is -2.19. The van der Waals surface area contributed by atoms with Crippen molar-refractivity contribution in [1.29, 1.82) is 0 Å². The second-order valence-electron chi connectivity index (χ2n) is 6.76. The van der Waals surface area contributed by atoms with Crippen LogP contribution in [0.4, 0.5) is 18.9 Å². The zero-order valence-corrected chi connectivity index (χ0v) is 16.3. The van der Waals surface area contributed by atoms with Crippen molar-refractivity contribution in [3.05, 3.63) is 65.5 Å². The average Bonchev–Trinajstić information content (AvgIpc) is 2.69. The van der Waals surface area contributed by atoms with Crippen LogP contribution in [0, 0.1) is 17.5 Å². The van der Waals surface area contributed by atoms with Crippen LogP contribution in [0.1, 0.15) is 24.8 Å². The molecule has 0 aliphatic heterocycles. The van der Waals surface area contributed by atoms with Crippen molar-refractivity contribution < 1.29 is 22.8 Å². The Bertz CT molecular complexity index is 847. The highest BCUT2D eigenvalue weighted by atomic mass is 19.2. The second kappa shape index (κ2) is 10.6. The lowest BCUT2D eigenvalue weighted by molar-refractivity contribution is -0.123. The topological polar surface area (TPSA) is 61.4 Å². The van der Waals surface area contributed by atoms with E-state index in [1.54, 1.807) is 7.05 Å². The Morgan fingerprint density at radius 3 is 2.28 bits per heavy atom. The molecule has 2 rings (SSSR count). The third-order valence-corrected chi connectivity index (χ3v) is 4.45. The zero-order chi connectivity index (χ0) is 21.4. The van der Waals surface area contributed by atoms with Crippen LogP contribution in [0.2, 0.25) is 0 Å². The maximum absolute atomic E-state index is 13.6. The summed E-state index contributed by atoms with van der Waals surface area (Å²) in [6.07, 6.45) is 0.863. The van der Waals surface area contributed by atoms with Crippen LogP contribution >= 0.6 is 0 Å².